The number of H-pyrrole nitrogens is 1. The van der Waals surface area contributed by atoms with Crippen molar-refractivity contribution in [1.82, 2.24) is 15.2 Å². The highest BCUT2D eigenvalue weighted by atomic mass is 35.5. The van der Waals surface area contributed by atoms with Gasteiger partial charge in [0, 0.05) is 36.8 Å². The number of halogens is 3. The van der Waals surface area contributed by atoms with E-state index in [1.807, 2.05) is 0 Å². The van der Waals surface area contributed by atoms with Crippen molar-refractivity contribution in [2.24, 2.45) is 23.3 Å². The van der Waals surface area contributed by atoms with E-state index in [9.17, 15) is 18.7 Å². The van der Waals surface area contributed by atoms with Crippen LogP contribution in [0.15, 0.2) is 30.1 Å². The van der Waals surface area contributed by atoms with Crippen molar-refractivity contribution >= 4 is 29.0 Å². The lowest BCUT2D eigenvalue weighted by Crippen LogP contribution is -2.28. The standard InChI is InChI=1S/C19H21ClF2N6O2/c1-9(5-23)13(6-24)17-25-19(27-26-17)28-7-11(8-29)12(18(28)30)2-10-3-14(21)16(20)15(22)4-10/h3-6,11-12,29H,2,7-8,23-24H2,1H3,(H,25,26,27)/b9-5-,13-6+. The molecule has 2 unspecified atom stereocenters. The van der Waals surface area contributed by atoms with E-state index < -0.39 is 28.5 Å². The zero-order valence-corrected chi connectivity index (χ0v) is 16.8. The fraction of sp³-hybridized carbons (Fsp3) is 0.316. The Morgan fingerprint density at radius 3 is 2.60 bits per heavy atom. The van der Waals surface area contributed by atoms with Gasteiger partial charge < -0.3 is 16.6 Å². The minimum Gasteiger partial charge on any atom is -0.404 e. The number of carbonyl (C=O) groups excluding carboxylic acids is 1. The number of nitrogens with one attached hydrogen (secondary N) is 1. The second-order valence-electron chi connectivity index (χ2n) is 6.99. The number of carbonyl (C=O) groups is 1. The highest BCUT2D eigenvalue weighted by molar-refractivity contribution is 6.30. The maximum absolute atomic E-state index is 13.8. The number of nitrogens with zero attached hydrogens (tertiary/aromatic N) is 3. The number of anilines is 1. The van der Waals surface area contributed by atoms with Crippen LogP contribution >= 0.6 is 11.6 Å². The molecule has 1 aromatic carbocycles. The van der Waals surface area contributed by atoms with Gasteiger partial charge in [0.1, 0.15) is 16.7 Å². The van der Waals surface area contributed by atoms with Crippen molar-refractivity contribution in [2.75, 3.05) is 18.1 Å². The van der Waals surface area contributed by atoms with Crippen LogP contribution in [0.3, 0.4) is 0 Å². The average Bonchev–Trinajstić information content (AvgIpc) is 3.32. The molecule has 2 atom stereocenters. The van der Waals surface area contributed by atoms with Crippen molar-refractivity contribution in [3.8, 4) is 0 Å². The van der Waals surface area contributed by atoms with E-state index in [-0.39, 0.29) is 37.0 Å². The van der Waals surface area contributed by atoms with E-state index in [1.165, 1.54) is 17.3 Å². The summed E-state index contributed by atoms with van der Waals surface area (Å²) in [6, 6.07) is 2.17. The number of hydrogen-bond acceptors (Lipinski definition) is 6. The first-order chi connectivity index (χ1) is 14.3. The number of aromatic amines is 1. The molecule has 160 valence electrons. The Morgan fingerprint density at radius 2 is 2.03 bits per heavy atom. The molecule has 1 aliphatic heterocycles. The summed E-state index contributed by atoms with van der Waals surface area (Å²) < 4.78 is 27.5. The van der Waals surface area contributed by atoms with E-state index in [1.54, 1.807) is 6.92 Å². The third-order valence-corrected chi connectivity index (χ3v) is 5.48. The number of aliphatic hydroxyl groups excluding tert-OH is 1. The first-order valence-electron chi connectivity index (χ1n) is 9.09. The minimum absolute atomic E-state index is 0.0336. The molecule has 11 heteroatoms. The fourth-order valence-electron chi connectivity index (χ4n) is 3.43. The second-order valence-corrected chi connectivity index (χ2v) is 7.37. The third-order valence-electron chi connectivity index (χ3n) is 5.11. The molecule has 0 aliphatic carbocycles. The third kappa shape index (κ3) is 4.01. The number of benzene rings is 1. The van der Waals surface area contributed by atoms with Crippen LogP contribution < -0.4 is 16.4 Å². The summed E-state index contributed by atoms with van der Waals surface area (Å²) in [6.45, 7) is 1.61. The van der Waals surface area contributed by atoms with Gasteiger partial charge in [0.25, 0.3) is 5.95 Å². The second kappa shape index (κ2) is 8.80. The molecule has 1 amide bonds. The number of amides is 1. The Labute approximate surface area is 176 Å². The van der Waals surface area contributed by atoms with E-state index in [2.05, 4.69) is 15.2 Å². The van der Waals surface area contributed by atoms with Crippen LogP contribution in [0.5, 0.6) is 0 Å². The van der Waals surface area contributed by atoms with Gasteiger partial charge >= 0.3 is 0 Å². The molecule has 1 fully saturated rings. The molecule has 0 saturated carbocycles. The molecule has 1 aliphatic rings. The molecule has 3 rings (SSSR count). The predicted octanol–water partition coefficient (Wildman–Crippen LogP) is 1.71. The molecule has 8 nitrogen and oxygen atoms in total. The summed E-state index contributed by atoms with van der Waals surface area (Å²) in [4.78, 5) is 18.6. The van der Waals surface area contributed by atoms with Gasteiger partial charge in [-0.2, -0.15) is 4.98 Å². The lowest BCUT2D eigenvalue weighted by Gasteiger charge is -2.14. The summed E-state index contributed by atoms with van der Waals surface area (Å²) in [5.41, 5.74) is 12.6. The predicted molar refractivity (Wildman–Crippen MR) is 108 cm³/mol. The molecular weight excluding hydrogens is 418 g/mol. The van der Waals surface area contributed by atoms with Crippen molar-refractivity contribution in [2.45, 2.75) is 13.3 Å². The molecule has 30 heavy (non-hydrogen) atoms. The SMILES string of the molecule is CC(=C/N)/C(=C\N)c1nc(N2CC(CO)C(Cc3cc(F)c(Cl)c(F)c3)C2=O)n[nH]1. The Hall–Kier alpha value is -2.98. The van der Waals surface area contributed by atoms with Gasteiger partial charge in [-0.1, -0.05) is 11.6 Å². The first-order valence-corrected chi connectivity index (χ1v) is 9.47. The maximum atomic E-state index is 13.8. The lowest BCUT2D eigenvalue weighted by molar-refractivity contribution is -0.121. The molecule has 0 radical (unpaired) electrons. The van der Waals surface area contributed by atoms with Crippen LogP contribution in [-0.2, 0) is 11.2 Å². The van der Waals surface area contributed by atoms with Crippen molar-refractivity contribution in [3.05, 3.63) is 58.2 Å². The number of rotatable bonds is 6. The zero-order chi connectivity index (χ0) is 22.0. The smallest absolute Gasteiger partial charge is 0.251 e. The molecule has 0 bridgehead atoms. The number of aliphatic hydroxyl groups is 1. The molecule has 1 aromatic heterocycles. The van der Waals surface area contributed by atoms with E-state index in [0.717, 1.165) is 12.1 Å². The van der Waals surface area contributed by atoms with Crippen LogP contribution in [0.4, 0.5) is 14.7 Å². The zero-order valence-electron chi connectivity index (χ0n) is 16.1. The average molecular weight is 439 g/mol. The Bertz CT molecular complexity index is 999. The van der Waals surface area contributed by atoms with Gasteiger partial charge in [0.05, 0.1) is 0 Å². The van der Waals surface area contributed by atoms with Gasteiger partial charge in [0.2, 0.25) is 5.91 Å². The van der Waals surface area contributed by atoms with Crippen molar-refractivity contribution in [3.63, 3.8) is 0 Å². The van der Waals surface area contributed by atoms with Crippen LogP contribution in [-0.4, -0.2) is 39.3 Å². The maximum Gasteiger partial charge on any atom is 0.251 e. The van der Waals surface area contributed by atoms with E-state index in [0.29, 0.717) is 17.0 Å². The number of nitrogens with two attached hydrogens (primary N) is 2. The monoisotopic (exact) mass is 438 g/mol. The van der Waals surface area contributed by atoms with Crippen molar-refractivity contribution < 1.29 is 18.7 Å². The normalized spacial score (nSPS) is 20.3. The summed E-state index contributed by atoms with van der Waals surface area (Å²) in [6.07, 6.45) is 2.72. The van der Waals surface area contributed by atoms with Crippen LogP contribution in [0.1, 0.15) is 18.3 Å². The molecule has 1 saturated heterocycles. The molecule has 2 heterocycles. The highest BCUT2D eigenvalue weighted by Gasteiger charge is 2.42. The summed E-state index contributed by atoms with van der Waals surface area (Å²) in [5.74, 6) is -2.91. The van der Waals surface area contributed by atoms with Crippen molar-refractivity contribution in [1.29, 1.82) is 0 Å². The Morgan fingerprint density at radius 1 is 1.37 bits per heavy atom. The summed E-state index contributed by atoms with van der Waals surface area (Å²) in [7, 11) is 0. The summed E-state index contributed by atoms with van der Waals surface area (Å²) >= 11 is 5.52. The Balaban J connectivity index is 1.85. The molecule has 2 aromatic rings. The Kier molecular flexibility index (Phi) is 6.37. The largest absolute Gasteiger partial charge is 0.404 e. The van der Waals surface area contributed by atoms with Crippen LogP contribution in [0.25, 0.3) is 5.57 Å². The van der Waals surface area contributed by atoms with E-state index in [4.69, 9.17) is 23.1 Å². The lowest BCUT2D eigenvalue weighted by atomic mass is 9.89. The molecular formula is C19H21ClF2N6O2. The highest BCUT2D eigenvalue weighted by Crippen LogP contribution is 2.32. The van der Waals surface area contributed by atoms with Gasteiger partial charge in [0.15, 0.2) is 5.82 Å². The van der Waals surface area contributed by atoms with Gasteiger partial charge in [-0.3, -0.25) is 14.8 Å². The molecule has 0 spiro atoms. The molecule has 6 N–H and O–H groups in total. The quantitative estimate of drug-likeness (QED) is 0.400. The van der Waals surface area contributed by atoms with Crippen LogP contribution in [0.2, 0.25) is 5.02 Å². The fourth-order valence-corrected chi connectivity index (χ4v) is 3.54. The van der Waals surface area contributed by atoms with Gasteiger partial charge in [-0.15, -0.1) is 5.10 Å². The van der Waals surface area contributed by atoms with E-state index >= 15 is 0 Å². The van der Waals surface area contributed by atoms with Gasteiger partial charge in [-0.25, -0.2) is 8.78 Å². The number of aromatic nitrogens is 3. The van der Waals surface area contributed by atoms with Gasteiger partial charge in [-0.05, 0) is 42.8 Å². The first kappa shape index (κ1) is 21.7. The topological polar surface area (TPSA) is 134 Å². The van der Waals surface area contributed by atoms with Crippen LogP contribution in [0, 0.1) is 23.5 Å². The summed E-state index contributed by atoms with van der Waals surface area (Å²) in [5, 5.41) is 15.9. The minimum atomic E-state index is -0.905. The number of hydrogen-bond donors (Lipinski definition) is 4. The number of allylic oxidation sites excluding steroid dienone is 2.